The Hall–Kier alpha value is -0.570. The summed E-state index contributed by atoms with van der Waals surface area (Å²) >= 11 is 3.64. The van der Waals surface area contributed by atoms with Crippen molar-refractivity contribution < 1.29 is 9.13 Å². The van der Waals surface area contributed by atoms with Crippen molar-refractivity contribution in [3.05, 3.63) is 29.6 Å². The van der Waals surface area contributed by atoms with Gasteiger partial charge in [0, 0.05) is 10.7 Å². The Morgan fingerprint density at radius 2 is 1.84 bits per heavy atom. The van der Waals surface area contributed by atoms with Gasteiger partial charge in [0.2, 0.25) is 0 Å². The first-order valence-electron chi connectivity index (χ1n) is 7.02. The minimum absolute atomic E-state index is 0.185. The maximum Gasteiger partial charge on any atom is 0.123 e. The Morgan fingerprint density at radius 1 is 1.21 bits per heavy atom. The second kappa shape index (κ2) is 7.88. The van der Waals surface area contributed by atoms with E-state index in [2.05, 4.69) is 29.8 Å². The second-order valence-corrected chi connectivity index (χ2v) is 5.89. The fourth-order valence-corrected chi connectivity index (χ4v) is 3.23. The van der Waals surface area contributed by atoms with Crippen LogP contribution in [0.2, 0.25) is 0 Å². The summed E-state index contributed by atoms with van der Waals surface area (Å²) in [4.78, 5) is 0. The molecular weight excluding hydrogens is 307 g/mol. The molecule has 1 aromatic carbocycles. The molecule has 3 heteroatoms. The number of hydrogen-bond acceptors (Lipinski definition) is 1. The van der Waals surface area contributed by atoms with Crippen molar-refractivity contribution in [1.82, 2.24) is 0 Å². The minimum Gasteiger partial charge on any atom is -0.493 e. The van der Waals surface area contributed by atoms with Crippen LogP contribution in [0.4, 0.5) is 4.39 Å². The summed E-state index contributed by atoms with van der Waals surface area (Å²) in [6.07, 6.45) is 4.59. The molecule has 1 aromatic rings. The van der Waals surface area contributed by atoms with Gasteiger partial charge in [-0.2, -0.15) is 0 Å². The molecule has 0 aromatic heterocycles. The van der Waals surface area contributed by atoms with Crippen molar-refractivity contribution >= 4 is 15.9 Å². The molecule has 0 bridgehead atoms. The molecule has 0 heterocycles. The predicted octanol–water partition coefficient (Wildman–Crippen LogP) is 5.49. The molecule has 108 valence electrons. The third kappa shape index (κ3) is 4.79. The van der Waals surface area contributed by atoms with Crippen LogP contribution in [0.3, 0.4) is 0 Å². The van der Waals surface area contributed by atoms with E-state index in [4.69, 9.17) is 4.74 Å². The van der Waals surface area contributed by atoms with Gasteiger partial charge in [0.1, 0.15) is 11.6 Å². The molecule has 0 N–H and O–H groups in total. The topological polar surface area (TPSA) is 9.23 Å². The molecule has 0 aliphatic carbocycles. The minimum atomic E-state index is -0.210. The summed E-state index contributed by atoms with van der Waals surface area (Å²) in [7, 11) is 0. The van der Waals surface area contributed by atoms with Crippen LogP contribution in [0.25, 0.3) is 0 Å². The van der Waals surface area contributed by atoms with E-state index < -0.39 is 0 Å². The number of rotatable bonds is 8. The van der Waals surface area contributed by atoms with Crippen LogP contribution in [0.5, 0.6) is 5.75 Å². The van der Waals surface area contributed by atoms with Gasteiger partial charge < -0.3 is 4.74 Å². The summed E-state index contributed by atoms with van der Waals surface area (Å²) in [6, 6.07) is 4.70. The molecular formula is C16H24BrFO. The Balaban J connectivity index is 2.74. The van der Waals surface area contributed by atoms with Gasteiger partial charge in [0.05, 0.1) is 6.61 Å². The number of aryl methyl sites for hydroxylation is 1. The number of hydrogen-bond donors (Lipinski definition) is 0. The molecule has 0 atom stereocenters. The van der Waals surface area contributed by atoms with Crippen molar-refractivity contribution in [2.45, 2.75) is 46.5 Å². The van der Waals surface area contributed by atoms with Gasteiger partial charge in [0.15, 0.2) is 0 Å². The van der Waals surface area contributed by atoms with E-state index in [1.165, 1.54) is 12.1 Å². The van der Waals surface area contributed by atoms with Crippen molar-refractivity contribution in [3.8, 4) is 5.75 Å². The fraction of sp³-hybridized carbons (Fsp3) is 0.625. The highest BCUT2D eigenvalue weighted by molar-refractivity contribution is 9.09. The normalized spacial score (nSPS) is 11.6. The van der Waals surface area contributed by atoms with Gasteiger partial charge in [-0.1, -0.05) is 42.6 Å². The molecule has 19 heavy (non-hydrogen) atoms. The van der Waals surface area contributed by atoms with E-state index >= 15 is 0 Å². The molecule has 0 aliphatic rings. The first kappa shape index (κ1) is 16.5. The Morgan fingerprint density at radius 3 is 2.32 bits per heavy atom. The predicted molar refractivity (Wildman–Crippen MR) is 82.7 cm³/mol. The van der Waals surface area contributed by atoms with E-state index in [9.17, 15) is 4.39 Å². The van der Waals surface area contributed by atoms with E-state index in [-0.39, 0.29) is 11.2 Å². The van der Waals surface area contributed by atoms with Crippen molar-refractivity contribution in [2.75, 3.05) is 11.9 Å². The van der Waals surface area contributed by atoms with Crippen LogP contribution in [0.1, 0.15) is 45.1 Å². The highest BCUT2D eigenvalue weighted by Gasteiger charge is 2.28. The van der Waals surface area contributed by atoms with Crippen molar-refractivity contribution in [2.24, 2.45) is 5.41 Å². The first-order valence-corrected chi connectivity index (χ1v) is 8.14. The zero-order valence-corrected chi connectivity index (χ0v) is 13.7. The Kier molecular flexibility index (Phi) is 6.84. The fourth-order valence-electron chi connectivity index (χ4n) is 2.51. The van der Waals surface area contributed by atoms with E-state index in [1.54, 1.807) is 6.07 Å². The molecule has 0 fully saturated rings. The molecule has 1 nitrogen and oxygen atoms in total. The number of halogens is 2. The largest absolute Gasteiger partial charge is 0.493 e. The number of ether oxygens (including phenoxy) is 1. The zero-order valence-electron chi connectivity index (χ0n) is 12.1. The lowest BCUT2D eigenvalue weighted by Crippen LogP contribution is -2.30. The quantitative estimate of drug-likeness (QED) is 0.572. The maximum atomic E-state index is 13.1. The summed E-state index contributed by atoms with van der Waals surface area (Å²) in [6.45, 7) is 6.98. The summed E-state index contributed by atoms with van der Waals surface area (Å²) in [5.41, 5.74) is 1.04. The third-order valence-corrected chi connectivity index (χ3v) is 4.70. The Labute approximate surface area is 124 Å². The smallest absolute Gasteiger partial charge is 0.123 e. The molecule has 1 rings (SSSR count). The maximum absolute atomic E-state index is 13.1. The second-order valence-electron chi connectivity index (χ2n) is 5.33. The highest BCUT2D eigenvalue weighted by atomic mass is 79.9. The standard InChI is InChI=1S/C16H24BrFO/c1-4-8-16(11-17,9-5-2)12-19-15-7-6-14(18)10-13(15)3/h6-7,10H,4-5,8-9,11-12H2,1-3H3. The van der Waals surface area contributed by atoms with E-state index in [0.29, 0.717) is 6.61 Å². The van der Waals surface area contributed by atoms with Gasteiger partial charge in [0.25, 0.3) is 0 Å². The van der Waals surface area contributed by atoms with Crippen molar-refractivity contribution in [3.63, 3.8) is 0 Å². The molecule has 0 radical (unpaired) electrons. The molecule has 0 saturated heterocycles. The summed E-state index contributed by atoms with van der Waals surface area (Å²) in [5, 5.41) is 0.946. The molecule has 0 aliphatic heterocycles. The average Bonchev–Trinajstić information content (AvgIpc) is 2.38. The monoisotopic (exact) mass is 330 g/mol. The highest BCUT2D eigenvalue weighted by Crippen LogP contribution is 2.33. The summed E-state index contributed by atoms with van der Waals surface area (Å²) in [5.74, 6) is 0.581. The van der Waals surface area contributed by atoms with E-state index in [0.717, 1.165) is 42.3 Å². The van der Waals surface area contributed by atoms with Gasteiger partial charge in [-0.3, -0.25) is 0 Å². The SMILES string of the molecule is CCCC(CBr)(CCC)COc1ccc(F)cc1C. The zero-order chi connectivity index (χ0) is 14.3. The third-order valence-electron chi connectivity index (χ3n) is 3.51. The molecule has 0 unspecified atom stereocenters. The molecule has 0 amide bonds. The average molecular weight is 331 g/mol. The van der Waals surface area contributed by atoms with Gasteiger partial charge >= 0.3 is 0 Å². The first-order chi connectivity index (χ1) is 9.06. The van der Waals surface area contributed by atoms with E-state index in [1.807, 2.05) is 6.92 Å². The summed E-state index contributed by atoms with van der Waals surface area (Å²) < 4.78 is 19.0. The molecule has 0 spiro atoms. The lowest BCUT2D eigenvalue weighted by molar-refractivity contribution is 0.144. The number of alkyl halides is 1. The van der Waals surface area contributed by atoms with Crippen LogP contribution in [-0.4, -0.2) is 11.9 Å². The van der Waals surface area contributed by atoms with Gasteiger partial charge in [-0.05, 0) is 43.5 Å². The lowest BCUT2D eigenvalue weighted by Gasteiger charge is -2.31. The van der Waals surface area contributed by atoms with Crippen LogP contribution >= 0.6 is 15.9 Å². The van der Waals surface area contributed by atoms with Crippen LogP contribution in [-0.2, 0) is 0 Å². The number of benzene rings is 1. The lowest BCUT2D eigenvalue weighted by atomic mass is 9.82. The van der Waals surface area contributed by atoms with Crippen molar-refractivity contribution in [1.29, 1.82) is 0 Å². The molecule has 0 saturated carbocycles. The van der Waals surface area contributed by atoms with Gasteiger partial charge in [-0.25, -0.2) is 4.39 Å². The van der Waals surface area contributed by atoms with Gasteiger partial charge in [-0.15, -0.1) is 0 Å². The van der Waals surface area contributed by atoms with Crippen LogP contribution < -0.4 is 4.74 Å². The van der Waals surface area contributed by atoms with Crippen LogP contribution in [0, 0.1) is 18.2 Å². The Bertz CT molecular complexity index is 386. The van der Waals surface area contributed by atoms with Crippen LogP contribution in [0.15, 0.2) is 18.2 Å².